The number of nitrogens with zero attached hydrogens (tertiary/aromatic N) is 2. The summed E-state index contributed by atoms with van der Waals surface area (Å²) in [6.07, 6.45) is 0. The normalized spacial score (nSPS) is 11.4. The van der Waals surface area contributed by atoms with Crippen LogP contribution in [-0.2, 0) is 4.79 Å². The number of H-pyrrole nitrogens is 2. The fourth-order valence-corrected chi connectivity index (χ4v) is 3.72. The van der Waals surface area contributed by atoms with Crippen LogP contribution in [0.3, 0.4) is 0 Å². The van der Waals surface area contributed by atoms with E-state index in [1.54, 1.807) is 0 Å². The second kappa shape index (κ2) is 6.27. The standard InChI is InChI=1S/C22H17N5O2/c1-11-7-9-13(10-8-11)19-17-16(14-5-3-4-6-15(14)24-22(17)29)18-20(23-12(2)28)26-27-21(18)25-19/h3-10H,1-2H3,(H,24,29)(H2,23,25,26,27,28). The number of carbonyl (C=O) groups excluding carboxylic acids is 1. The predicted octanol–water partition coefficient (Wildman–Crippen LogP) is 3.89. The molecular weight excluding hydrogens is 366 g/mol. The van der Waals surface area contributed by atoms with Crippen molar-refractivity contribution in [2.24, 2.45) is 0 Å². The fraction of sp³-hybridized carbons (Fsp3) is 0.0909. The number of benzene rings is 2. The minimum atomic E-state index is -0.247. The SMILES string of the molecule is CC(=O)Nc1n[nH]c2nc(-c3ccc(C)cc3)c3c(=O)[nH]c4ccccc4c3c12. The van der Waals surface area contributed by atoms with Gasteiger partial charge in [0.2, 0.25) is 5.91 Å². The molecule has 0 atom stereocenters. The number of carbonyl (C=O) groups is 1. The maximum Gasteiger partial charge on any atom is 0.258 e. The lowest BCUT2D eigenvalue weighted by Gasteiger charge is -2.11. The van der Waals surface area contributed by atoms with Gasteiger partial charge in [-0.2, -0.15) is 5.10 Å². The van der Waals surface area contributed by atoms with Crippen LogP contribution < -0.4 is 10.9 Å². The van der Waals surface area contributed by atoms with E-state index in [1.807, 2.05) is 55.5 Å². The van der Waals surface area contributed by atoms with Crippen molar-refractivity contribution in [1.29, 1.82) is 0 Å². The maximum atomic E-state index is 13.1. The highest BCUT2D eigenvalue weighted by Gasteiger charge is 2.20. The van der Waals surface area contributed by atoms with Gasteiger partial charge in [0.05, 0.1) is 16.5 Å². The Balaban J connectivity index is 2.03. The molecule has 1 amide bonds. The zero-order valence-electron chi connectivity index (χ0n) is 15.8. The van der Waals surface area contributed by atoms with E-state index < -0.39 is 0 Å². The molecule has 0 aliphatic rings. The first-order valence-corrected chi connectivity index (χ1v) is 9.20. The quantitative estimate of drug-likeness (QED) is 0.402. The molecule has 0 saturated carbocycles. The summed E-state index contributed by atoms with van der Waals surface area (Å²) in [6, 6.07) is 15.4. The monoisotopic (exact) mass is 383 g/mol. The highest BCUT2D eigenvalue weighted by molar-refractivity contribution is 6.24. The van der Waals surface area contributed by atoms with E-state index in [2.05, 4.69) is 20.5 Å². The van der Waals surface area contributed by atoms with Crippen LogP contribution in [0.15, 0.2) is 53.3 Å². The van der Waals surface area contributed by atoms with Gasteiger partial charge in [0.25, 0.3) is 5.56 Å². The maximum absolute atomic E-state index is 13.1. The van der Waals surface area contributed by atoms with E-state index in [4.69, 9.17) is 4.98 Å². The summed E-state index contributed by atoms with van der Waals surface area (Å²) in [4.78, 5) is 32.5. The summed E-state index contributed by atoms with van der Waals surface area (Å²) in [7, 11) is 0. The lowest BCUT2D eigenvalue weighted by molar-refractivity contribution is -0.114. The van der Waals surface area contributed by atoms with Crippen LogP contribution in [0, 0.1) is 6.92 Å². The zero-order chi connectivity index (χ0) is 20.1. The minimum absolute atomic E-state index is 0.237. The molecule has 7 nitrogen and oxygen atoms in total. The van der Waals surface area contributed by atoms with Gasteiger partial charge < -0.3 is 10.3 Å². The number of para-hydroxylation sites is 1. The number of hydrogen-bond donors (Lipinski definition) is 3. The topological polar surface area (TPSA) is 104 Å². The number of aromatic nitrogens is 4. The van der Waals surface area contributed by atoms with E-state index in [-0.39, 0.29) is 11.5 Å². The molecule has 0 saturated heterocycles. The van der Waals surface area contributed by atoms with Crippen LogP contribution in [0.5, 0.6) is 0 Å². The number of hydrogen-bond acceptors (Lipinski definition) is 4. The van der Waals surface area contributed by atoms with Crippen molar-refractivity contribution < 1.29 is 4.79 Å². The third-order valence-electron chi connectivity index (χ3n) is 5.00. The Bertz CT molecular complexity index is 1480. The number of fused-ring (bicyclic) bond motifs is 5. The van der Waals surface area contributed by atoms with Crippen molar-refractivity contribution in [3.05, 3.63) is 64.4 Å². The number of nitrogens with one attached hydrogen (secondary N) is 3. The van der Waals surface area contributed by atoms with E-state index in [0.717, 1.165) is 16.5 Å². The summed E-state index contributed by atoms with van der Waals surface area (Å²) < 4.78 is 0. The Morgan fingerprint density at radius 1 is 1.00 bits per heavy atom. The molecule has 5 rings (SSSR count). The van der Waals surface area contributed by atoms with Crippen LogP contribution >= 0.6 is 0 Å². The van der Waals surface area contributed by atoms with Crippen LogP contribution in [0.2, 0.25) is 0 Å². The first-order valence-electron chi connectivity index (χ1n) is 9.20. The largest absolute Gasteiger partial charge is 0.321 e. The molecule has 3 aromatic heterocycles. The Kier molecular flexibility index (Phi) is 3.70. The molecule has 2 aromatic carbocycles. The Morgan fingerprint density at radius 2 is 1.76 bits per heavy atom. The number of amides is 1. The van der Waals surface area contributed by atoms with Crippen molar-refractivity contribution in [3.8, 4) is 11.3 Å². The number of aromatic amines is 2. The van der Waals surface area contributed by atoms with Gasteiger partial charge in [-0.25, -0.2) is 4.98 Å². The van der Waals surface area contributed by atoms with Crippen LogP contribution in [0.4, 0.5) is 5.82 Å². The fourth-order valence-electron chi connectivity index (χ4n) is 3.72. The molecular formula is C22H17N5O2. The van der Waals surface area contributed by atoms with Crippen molar-refractivity contribution in [2.45, 2.75) is 13.8 Å². The van der Waals surface area contributed by atoms with Gasteiger partial charge in [-0.3, -0.25) is 14.7 Å². The van der Waals surface area contributed by atoms with Crippen LogP contribution in [0.1, 0.15) is 12.5 Å². The summed E-state index contributed by atoms with van der Waals surface area (Å²) in [6.45, 7) is 3.43. The summed E-state index contributed by atoms with van der Waals surface area (Å²) in [5.74, 6) is 0.111. The third kappa shape index (κ3) is 2.67. The predicted molar refractivity (Wildman–Crippen MR) is 114 cm³/mol. The van der Waals surface area contributed by atoms with Crippen molar-refractivity contribution in [2.75, 3.05) is 5.32 Å². The number of rotatable bonds is 2. The van der Waals surface area contributed by atoms with Crippen molar-refractivity contribution >= 4 is 44.4 Å². The Hall–Kier alpha value is -4.00. The second-order valence-corrected chi connectivity index (χ2v) is 7.05. The summed E-state index contributed by atoms with van der Waals surface area (Å²) in [5, 5.41) is 12.5. The highest BCUT2D eigenvalue weighted by atomic mass is 16.1. The lowest BCUT2D eigenvalue weighted by Crippen LogP contribution is -2.10. The van der Waals surface area contributed by atoms with Gasteiger partial charge in [-0.15, -0.1) is 0 Å². The van der Waals surface area contributed by atoms with Crippen LogP contribution in [-0.4, -0.2) is 26.1 Å². The summed E-state index contributed by atoms with van der Waals surface area (Å²) >= 11 is 0. The summed E-state index contributed by atoms with van der Waals surface area (Å²) in [5.41, 5.74) is 3.50. The average Bonchev–Trinajstić information content (AvgIpc) is 3.10. The smallest absolute Gasteiger partial charge is 0.258 e. The molecule has 0 radical (unpaired) electrons. The molecule has 0 bridgehead atoms. The molecule has 3 heterocycles. The molecule has 29 heavy (non-hydrogen) atoms. The molecule has 5 aromatic rings. The molecule has 0 aliphatic heterocycles. The lowest BCUT2D eigenvalue weighted by atomic mass is 9.99. The Morgan fingerprint density at radius 3 is 2.52 bits per heavy atom. The van der Waals surface area contributed by atoms with E-state index >= 15 is 0 Å². The van der Waals surface area contributed by atoms with E-state index in [0.29, 0.717) is 38.8 Å². The van der Waals surface area contributed by atoms with E-state index in [9.17, 15) is 9.59 Å². The zero-order valence-corrected chi connectivity index (χ0v) is 15.8. The minimum Gasteiger partial charge on any atom is -0.321 e. The first kappa shape index (κ1) is 17.1. The number of anilines is 1. The van der Waals surface area contributed by atoms with Gasteiger partial charge in [-0.05, 0) is 13.0 Å². The van der Waals surface area contributed by atoms with Gasteiger partial charge in [0, 0.05) is 28.8 Å². The van der Waals surface area contributed by atoms with E-state index in [1.165, 1.54) is 6.92 Å². The molecule has 3 N–H and O–H groups in total. The molecule has 0 spiro atoms. The molecule has 0 fully saturated rings. The number of pyridine rings is 2. The first-order chi connectivity index (χ1) is 14.0. The van der Waals surface area contributed by atoms with Crippen molar-refractivity contribution in [1.82, 2.24) is 20.2 Å². The average molecular weight is 383 g/mol. The molecule has 0 unspecified atom stereocenters. The molecule has 142 valence electrons. The highest BCUT2D eigenvalue weighted by Crippen LogP contribution is 2.36. The second-order valence-electron chi connectivity index (χ2n) is 7.05. The van der Waals surface area contributed by atoms with Crippen molar-refractivity contribution in [3.63, 3.8) is 0 Å². The van der Waals surface area contributed by atoms with Gasteiger partial charge in [-0.1, -0.05) is 48.0 Å². The molecule has 0 aliphatic carbocycles. The van der Waals surface area contributed by atoms with Gasteiger partial charge in [0.1, 0.15) is 0 Å². The molecule has 7 heteroatoms. The van der Waals surface area contributed by atoms with Gasteiger partial charge >= 0.3 is 0 Å². The number of aryl methyl sites for hydroxylation is 1. The van der Waals surface area contributed by atoms with Gasteiger partial charge in [0.15, 0.2) is 11.5 Å². The Labute approximate surface area is 164 Å². The third-order valence-corrected chi connectivity index (χ3v) is 5.00. The van der Waals surface area contributed by atoms with Crippen LogP contribution in [0.25, 0.3) is 44.0 Å².